The third-order valence-corrected chi connectivity index (χ3v) is 5.79. The number of hydrogen-bond acceptors (Lipinski definition) is 1. The molecule has 0 bridgehead atoms. The molecule has 27 heavy (non-hydrogen) atoms. The Bertz CT molecular complexity index is 1070. The molecule has 0 saturated carbocycles. The van der Waals surface area contributed by atoms with Crippen LogP contribution < -0.4 is 0 Å². The highest BCUT2D eigenvalue weighted by molar-refractivity contribution is 5.79. The molecule has 1 aromatic heterocycles. The number of allylic oxidation sites excluding steroid dienone is 1. The number of hydrogen-bond donors (Lipinski definition) is 0. The summed E-state index contributed by atoms with van der Waals surface area (Å²) in [6, 6.07) is 15.7. The number of rotatable bonds is 2. The number of nitrogens with zero attached hydrogens (tertiary/aromatic N) is 1. The second kappa shape index (κ2) is 6.66. The van der Waals surface area contributed by atoms with Crippen molar-refractivity contribution >= 4 is 18.2 Å². The van der Waals surface area contributed by atoms with Crippen LogP contribution in [0.15, 0.2) is 54.7 Å². The van der Waals surface area contributed by atoms with Crippen LogP contribution in [0.5, 0.6) is 0 Å². The highest BCUT2D eigenvalue weighted by atomic mass is 14.6. The normalized spacial score (nSPS) is 14.7. The number of pyridine rings is 1. The Morgan fingerprint density at radius 1 is 0.815 bits per heavy atom. The summed E-state index contributed by atoms with van der Waals surface area (Å²) in [6.07, 6.45) is 15.5. The Morgan fingerprint density at radius 3 is 2.56 bits per heavy atom. The van der Waals surface area contributed by atoms with Gasteiger partial charge in [-0.05, 0) is 83.2 Å². The topological polar surface area (TPSA) is 12.9 Å². The monoisotopic (exact) mass is 349 g/mol. The molecule has 2 aliphatic rings. The molecule has 0 amide bonds. The number of aromatic nitrogens is 1. The van der Waals surface area contributed by atoms with Crippen molar-refractivity contribution in [2.75, 3.05) is 0 Å². The third-order valence-electron chi connectivity index (χ3n) is 5.79. The Hall–Kier alpha value is -2.93. The summed E-state index contributed by atoms with van der Waals surface area (Å²) in [4.78, 5) is 4.37. The summed E-state index contributed by atoms with van der Waals surface area (Å²) in [6.45, 7) is 2.02. The number of fused-ring (bicyclic) bond motifs is 5. The van der Waals surface area contributed by atoms with Gasteiger partial charge in [-0.25, -0.2) is 0 Å². The van der Waals surface area contributed by atoms with Crippen molar-refractivity contribution in [1.29, 1.82) is 0 Å². The fraction of sp³-hybridized carbons (Fsp3) is 0.192. The van der Waals surface area contributed by atoms with Gasteiger partial charge in [-0.3, -0.25) is 4.98 Å². The summed E-state index contributed by atoms with van der Waals surface area (Å²) in [7, 11) is 0. The lowest BCUT2D eigenvalue weighted by Crippen LogP contribution is -2.10. The van der Waals surface area contributed by atoms with E-state index in [2.05, 4.69) is 71.8 Å². The molecule has 1 heteroatoms. The molecule has 1 nitrogen and oxygen atoms in total. The molecular formula is C26H23N. The Morgan fingerprint density at radius 2 is 1.67 bits per heavy atom. The maximum atomic E-state index is 4.37. The van der Waals surface area contributed by atoms with Crippen LogP contribution in [-0.2, 0) is 19.3 Å². The van der Waals surface area contributed by atoms with E-state index in [9.17, 15) is 0 Å². The van der Waals surface area contributed by atoms with Crippen molar-refractivity contribution in [2.24, 2.45) is 0 Å². The largest absolute Gasteiger partial charge is 0.261 e. The molecule has 1 heterocycles. The van der Waals surface area contributed by atoms with Gasteiger partial charge in [-0.2, -0.15) is 0 Å². The van der Waals surface area contributed by atoms with E-state index in [4.69, 9.17) is 0 Å². The van der Waals surface area contributed by atoms with Crippen molar-refractivity contribution in [3.8, 4) is 11.1 Å². The molecule has 0 atom stereocenters. The summed E-state index contributed by atoms with van der Waals surface area (Å²) in [5.41, 5.74) is 12.4. The van der Waals surface area contributed by atoms with Gasteiger partial charge in [-0.1, -0.05) is 60.7 Å². The Kier molecular flexibility index (Phi) is 4.01. The van der Waals surface area contributed by atoms with Crippen molar-refractivity contribution in [3.05, 3.63) is 93.8 Å². The zero-order valence-electron chi connectivity index (χ0n) is 15.7. The van der Waals surface area contributed by atoms with Gasteiger partial charge in [0.25, 0.3) is 0 Å². The molecular weight excluding hydrogens is 326 g/mol. The van der Waals surface area contributed by atoms with E-state index in [1.807, 2.05) is 13.1 Å². The lowest BCUT2D eigenvalue weighted by molar-refractivity contribution is 0.887. The lowest BCUT2D eigenvalue weighted by Gasteiger charge is -2.25. The van der Waals surface area contributed by atoms with E-state index in [-0.39, 0.29) is 0 Å². The van der Waals surface area contributed by atoms with Gasteiger partial charge < -0.3 is 0 Å². The van der Waals surface area contributed by atoms with Crippen LogP contribution in [-0.4, -0.2) is 4.98 Å². The molecule has 2 aliphatic carbocycles. The molecule has 0 saturated heterocycles. The van der Waals surface area contributed by atoms with Gasteiger partial charge in [0, 0.05) is 11.9 Å². The summed E-state index contributed by atoms with van der Waals surface area (Å²) < 4.78 is 0. The predicted molar refractivity (Wildman–Crippen MR) is 115 cm³/mol. The van der Waals surface area contributed by atoms with Crippen molar-refractivity contribution in [1.82, 2.24) is 4.98 Å². The standard InChI is InChI=1S/C26H23N/c1-18-6-7-20(17-27-18)9-8-19-10-13-24-22(16-19)12-15-25-23-5-3-2-4-21(23)11-14-26(24)25/h2,4,6-11,13-14,16-17H,3,5,12,15H2,1H3/b9-8+. The van der Waals surface area contributed by atoms with Crippen LogP contribution in [0, 0.1) is 6.92 Å². The van der Waals surface area contributed by atoms with Crippen LogP contribution in [0.4, 0.5) is 0 Å². The zero-order valence-corrected chi connectivity index (χ0v) is 15.7. The van der Waals surface area contributed by atoms with Crippen molar-refractivity contribution in [2.45, 2.75) is 32.6 Å². The zero-order chi connectivity index (χ0) is 18.2. The second-order valence-electron chi connectivity index (χ2n) is 7.58. The van der Waals surface area contributed by atoms with E-state index in [0.717, 1.165) is 24.1 Å². The minimum atomic E-state index is 1.05. The molecule has 3 aromatic rings. The summed E-state index contributed by atoms with van der Waals surface area (Å²) in [5.74, 6) is 0. The van der Waals surface area contributed by atoms with E-state index in [0.29, 0.717) is 0 Å². The van der Waals surface area contributed by atoms with Crippen LogP contribution >= 0.6 is 0 Å². The highest BCUT2D eigenvalue weighted by Crippen LogP contribution is 2.38. The molecule has 0 unspecified atom stereocenters. The smallest absolute Gasteiger partial charge is 0.0373 e. The van der Waals surface area contributed by atoms with Gasteiger partial charge >= 0.3 is 0 Å². The van der Waals surface area contributed by atoms with E-state index < -0.39 is 0 Å². The molecule has 5 rings (SSSR count). The molecule has 0 aliphatic heterocycles. The Labute approximate surface area is 161 Å². The first-order chi connectivity index (χ1) is 13.3. The van der Waals surface area contributed by atoms with Crippen LogP contribution in [0.2, 0.25) is 0 Å². The molecule has 0 fully saturated rings. The highest BCUT2D eigenvalue weighted by Gasteiger charge is 2.20. The predicted octanol–water partition coefficient (Wildman–Crippen LogP) is 6.29. The quantitative estimate of drug-likeness (QED) is 0.530. The van der Waals surface area contributed by atoms with Crippen molar-refractivity contribution < 1.29 is 0 Å². The molecule has 0 N–H and O–H groups in total. The Balaban J connectivity index is 1.49. The first kappa shape index (κ1) is 16.3. The SMILES string of the molecule is Cc1ccc(/C=C/c2ccc3c(c2)CCc2c-3ccc3c2CCC=C3)cn1. The molecule has 0 spiro atoms. The number of aryl methyl sites for hydroxylation is 2. The minimum absolute atomic E-state index is 1.05. The average Bonchev–Trinajstić information content (AvgIpc) is 2.72. The van der Waals surface area contributed by atoms with E-state index in [1.165, 1.54) is 40.7 Å². The third kappa shape index (κ3) is 3.04. The van der Waals surface area contributed by atoms with Gasteiger partial charge in [0.15, 0.2) is 0 Å². The van der Waals surface area contributed by atoms with Gasteiger partial charge in [0.2, 0.25) is 0 Å². The first-order valence-electron chi connectivity index (χ1n) is 9.83. The lowest BCUT2D eigenvalue weighted by atomic mass is 9.79. The maximum Gasteiger partial charge on any atom is 0.0373 e. The van der Waals surface area contributed by atoms with E-state index in [1.54, 1.807) is 11.1 Å². The van der Waals surface area contributed by atoms with Gasteiger partial charge in [-0.15, -0.1) is 0 Å². The first-order valence-corrected chi connectivity index (χ1v) is 9.83. The van der Waals surface area contributed by atoms with Crippen molar-refractivity contribution in [3.63, 3.8) is 0 Å². The molecule has 132 valence electrons. The van der Waals surface area contributed by atoms with Crippen LogP contribution in [0.1, 0.15) is 45.5 Å². The fourth-order valence-corrected chi connectivity index (χ4v) is 4.36. The maximum absolute atomic E-state index is 4.37. The molecule has 2 aromatic carbocycles. The van der Waals surface area contributed by atoms with Gasteiger partial charge in [0.1, 0.15) is 0 Å². The summed E-state index contributed by atoms with van der Waals surface area (Å²) in [5, 5.41) is 0. The number of benzene rings is 2. The summed E-state index contributed by atoms with van der Waals surface area (Å²) >= 11 is 0. The second-order valence-corrected chi connectivity index (χ2v) is 7.58. The minimum Gasteiger partial charge on any atom is -0.261 e. The van der Waals surface area contributed by atoms with Crippen LogP contribution in [0.25, 0.3) is 29.4 Å². The van der Waals surface area contributed by atoms with Crippen LogP contribution in [0.3, 0.4) is 0 Å². The fourth-order valence-electron chi connectivity index (χ4n) is 4.36. The average molecular weight is 349 g/mol. The molecule has 0 radical (unpaired) electrons. The van der Waals surface area contributed by atoms with Gasteiger partial charge in [0.05, 0.1) is 0 Å². The van der Waals surface area contributed by atoms with E-state index >= 15 is 0 Å².